The molecule has 0 aliphatic carbocycles. The molecule has 2 heterocycles. The molecule has 0 radical (unpaired) electrons. The average molecular weight is 417 g/mol. The van der Waals surface area contributed by atoms with E-state index in [0.29, 0.717) is 5.95 Å². The van der Waals surface area contributed by atoms with Crippen molar-refractivity contribution in [3.8, 4) is 0 Å². The van der Waals surface area contributed by atoms with E-state index in [1.807, 2.05) is 36.7 Å². The predicted octanol–water partition coefficient (Wildman–Crippen LogP) is 4.73. The first kappa shape index (κ1) is 13.8. The van der Waals surface area contributed by atoms with Crippen molar-refractivity contribution in [2.45, 2.75) is 0 Å². The van der Waals surface area contributed by atoms with E-state index in [1.54, 1.807) is 11.3 Å². The number of rotatable bonds is 3. The van der Waals surface area contributed by atoms with E-state index in [9.17, 15) is 0 Å². The molecule has 2 N–H and O–H groups in total. The highest BCUT2D eigenvalue weighted by Gasteiger charge is 2.10. The highest BCUT2D eigenvalue weighted by Crippen LogP contribution is 2.31. The van der Waals surface area contributed by atoms with Crippen LogP contribution < -0.4 is 10.6 Å². The monoisotopic (exact) mass is 416 g/mol. The molecule has 0 bridgehead atoms. The third-order valence-corrected chi connectivity index (χ3v) is 4.67. The van der Waals surface area contributed by atoms with Gasteiger partial charge in [-0.2, -0.15) is 4.98 Å². The quantitative estimate of drug-likeness (QED) is 0.606. The molecule has 0 saturated carbocycles. The van der Waals surface area contributed by atoms with E-state index in [1.165, 1.54) is 0 Å². The Kier molecular flexibility index (Phi) is 3.95. The lowest BCUT2D eigenvalue weighted by atomic mass is 10.3. The summed E-state index contributed by atoms with van der Waals surface area (Å²) >= 11 is 9.82. The standard InChI is InChI=1S/C13H10ClIN4S/c1-16-13-18-11(8-4-5-20-12(8)19-13)17-10-3-2-7(14)6-9(10)15/h2-6H,1H3,(H2,16,17,18,19). The molecule has 0 amide bonds. The first-order valence-corrected chi connectivity index (χ1v) is 8.16. The lowest BCUT2D eigenvalue weighted by molar-refractivity contribution is 1.20. The minimum atomic E-state index is 0.603. The normalized spacial score (nSPS) is 10.8. The van der Waals surface area contributed by atoms with Gasteiger partial charge in [-0.15, -0.1) is 11.3 Å². The van der Waals surface area contributed by atoms with E-state index < -0.39 is 0 Å². The zero-order valence-electron chi connectivity index (χ0n) is 10.4. The second-order valence-electron chi connectivity index (χ2n) is 4.03. The van der Waals surface area contributed by atoms with Crippen LogP contribution in [0.1, 0.15) is 0 Å². The van der Waals surface area contributed by atoms with Crippen LogP contribution in [0.2, 0.25) is 5.02 Å². The minimum absolute atomic E-state index is 0.603. The molecule has 0 saturated heterocycles. The zero-order chi connectivity index (χ0) is 14.1. The number of aromatic nitrogens is 2. The number of nitrogens with zero attached hydrogens (tertiary/aromatic N) is 2. The molecule has 0 spiro atoms. The van der Waals surface area contributed by atoms with E-state index in [0.717, 1.165) is 30.3 Å². The van der Waals surface area contributed by atoms with Crippen LogP contribution in [-0.2, 0) is 0 Å². The summed E-state index contributed by atoms with van der Waals surface area (Å²) in [5, 5.41) is 10.1. The highest BCUT2D eigenvalue weighted by atomic mass is 127. The maximum atomic E-state index is 5.98. The number of fused-ring (bicyclic) bond motifs is 1. The molecule has 20 heavy (non-hydrogen) atoms. The summed E-state index contributed by atoms with van der Waals surface area (Å²) in [6.07, 6.45) is 0. The maximum Gasteiger partial charge on any atom is 0.225 e. The summed E-state index contributed by atoms with van der Waals surface area (Å²) in [4.78, 5) is 9.87. The molecule has 0 aliphatic rings. The smallest absolute Gasteiger partial charge is 0.225 e. The van der Waals surface area contributed by atoms with Gasteiger partial charge in [0.25, 0.3) is 0 Å². The van der Waals surface area contributed by atoms with Crippen LogP contribution in [0.5, 0.6) is 0 Å². The molecule has 2 aromatic heterocycles. The van der Waals surface area contributed by atoms with Crippen molar-refractivity contribution in [2.75, 3.05) is 17.7 Å². The molecular weight excluding hydrogens is 407 g/mol. The molecule has 3 rings (SSSR count). The molecule has 102 valence electrons. The van der Waals surface area contributed by atoms with Crippen molar-refractivity contribution in [3.63, 3.8) is 0 Å². The van der Waals surface area contributed by atoms with Crippen molar-refractivity contribution in [2.24, 2.45) is 0 Å². The molecule has 0 atom stereocenters. The Hall–Kier alpha value is -1.12. The number of benzene rings is 1. The maximum absolute atomic E-state index is 5.98. The lowest BCUT2D eigenvalue weighted by Crippen LogP contribution is -2.01. The molecule has 4 nitrogen and oxygen atoms in total. The van der Waals surface area contributed by atoms with Gasteiger partial charge < -0.3 is 10.6 Å². The van der Waals surface area contributed by atoms with E-state index in [2.05, 4.69) is 43.2 Å². The third kappa shape index (κ3) is 2.68. The van der Waals surface area contributed by atoms with Crippen LogP contribution in [0, 0.1) is 3.57 Å². The van der Waals surface area contributed by atoms with Gasteiger partial charge in [0.05, 0.1) is 11.1 Å². The van der Waals surface area contributed by atoms with Crippen LogP contribution >= 0.6 is 45.5 Å². The number of nitrogens with one attached hydrogen (secondary N) is 2. The molecular formula is C13H10ClIN4S. The number of hydrogen-bond acceptors (Lipinski definition) is 5. The van der Waals surface area contributed by atoms with Gasteiger partial charge in [-0.1, -0.05) is 11.6 Å². The van der Waals surface area contributed by atoms with Crippen molar-refractivity contribution in [3.05, 3.63) is 38.2 Å². The van der Waals surface area contributed by atoms with Crippen molar-refractivity contribution in [1.82, 2.24) is 9.97 Å². The number of anilines is 3. The summed E-state index contributed by atoms with van der Waals surface area (Å²) < 4.78 is 1.04. The van der Waals surface area contributed by atoms with Gasteiger partial charge in [0.2, 0.25) is 5.95 Å². The van der Waals surface area contributed by atoms with Gasteiger partial charge in [0, 0.05) is 15.6 Å². The molecule has 0 unspecified atom stereocenters. The van der Waals surface area contributed by atoms with E-state index in [4.69, 9.17) is 11.6 Å². The summed E-state index contributed by atoms with van der Waals surface area (Å²) in [5.74, 6) is 1.40. The van der Waals surface area contributed by atoms with Gasteiger partial charge in [-0.25, -0.2) is 4.98 Å². The van der Waals surface area contributed by atoms with Gasteiger partial charge >= 0.3 is 0 Å². The fraction of sp³-hybridized carbons (Fsp3) is 0.0769. The topological polar surface area (TPSA) is 49.8 Å². The molecule has 1 aromatic carbocycles. The van der Waals surface area contributed by atoms with Crippen LogP contribution in [0.4, 0.5) is 17.5 Å². The van der Waals surface area contributed by atoms with Crippen molar-refractivity contribution < 1.29 is 0 Å². The number of thiophene rings is 1. The van der Waals surface area contributed by atoms with Gasteiger partial charge in [0.1, 0.15) is 10.6 Å². The number of halogens is 2. The van der Waals surface area contributed by atoms with Crippen LogP contribution in [0.15, 0.2) is 29.6 Å². The van der Waals surface area contributed by atoms with Crippen LogP contribution in [0.3, 0.4) is 0 Å². The molecule has 7 heteroatoms. The second kappa shape index (κ2) is 5.71. The fourth-order valence-corrected chi connectivity index (χ4v) is 3.55. The summed E-state index contributed by atoms with van der Waals surface area (Å²) in [6, 6.07) is 7.74. The molecule has 0 fully saturated rings. The first-order chi connectivity index (χ1) is 9.67. The largest absolute Gasteiger partial charge is 0.357 e. The first-order valence-electron chi connectivity index (χ1n) is 5.82. The van der Waals surface area contributed by atoms with Gasteiger partial charge in [-0.3, -0.25) is 0 Å². The third-order valence-electron chi connectivity index (χ3n) is 2.73. The predicted molar refractivity (Wildman–Crippen MR) is 94.4 cm³/mol. The Labute approximate surface area is 138 Å². The highest BCUT2D eigenvalue weighted by molar-refractivity contribution is 14.1. The Morgan fingerprint density at radius 3 is 2.85 bits per heavy atom. The fourth-order valence-electron chi connectivity index (χ4n) is 1.78. The zero-order valence-corrected chi connectivity index (χ0v) is 14.2. The van der Waals surface area contributed by atoms with Gasteiger partial charge in [-0.05, 0) is 52.2 Å². The Morgan fingerprint density at radius 2 is 2.10 bits per heavy atom. The average Bonchev–Trinajstić information content (AvgIpc) is 2.90. The van der Waals surface area contributed by atoms with Crippen molar-refractivity contribution in [1.29, 1.82) is 0 Å². The van der Waals surface area contributed by atoms with E-state index >= 15 is 0 Å². The SMILES string of the molecule is CNc1nc(Nc2ccc(Cl)cc2I)c2ccsc2n1. The molecule has 3 aromatic rings. The van der Waals surface area contributed by atoms with E-state index in [-0.39, 0.29) is 0 Å². The summed E-state index contributed by atoms with van der Waals surface area (Å²) in [5.41, 5.74) is 0.975. The Balaban J connectivity index is 2.07. The summed E-state index contributed by atoms with van der Waals surface area (Å²) in [7, 11) is 1.81. The van der Waals surface area contributed by atoms with Crippen molar-refractivity contribution >= 4 is 73.2 Å². The lowest BCUT2D eigenvalue weighted by Gasteiger charge is -2.10. The van der Waals surface area contributed by atoms with Gasteiger partial charge in [0.15, 0.2) is 0 Å². The Bertz CT molecular complexity index is 774. The van der Waals surface area contributed by atoms with Crippen LogP contribution in [0.25, 0.3) is 10.2 Å². The second-order valence-corrected chi connectivity index (χ2v) is 6.53. The van der Waals surface area contributed by atoms with Crippen LogP contribution in [-0.4, -0.2) is 17.0 Å². The minimum Gasteiger partial charge on any atom is -0.357 e. The summed E-state index contributed by atoms with van der Waals surface area (Å²) in [6.45, 7) is 0. The number of hydrogen-bond donors (Lipinski definition) is 2. The molecule has 0 aliphatic heterocycles. The Morgan fingerprint density at radius 1 is 1.25 bits per heavy atom.